The molecule has 2 N–H and O–H groups in total. The van der Waals surface area contributed by atoms with E-state index in [9.17, 15) is 9.90 Å². The van der Waals surface area contributed by atoms with Gasteiger partial charge in [-0.05, 0) is 86.5 Å². The first-order chi connectivity index (χ1) is 24.0. The Hall–Kier alpha value is -5.42. The molecule has 2 atom stereocenters. The molecule has 3 aromatic heterocycles. The number of hydrogen-bond acceptors (Lipinski definition) is 10. The molecule has 0 bridgehead atoms. The number of benzene rings is 2. The molecule has 0 radical (unpaired) electrons. The number of aliphatic hydroxyl groups is 1. The first kappa shape index (κ1) is 34.4. The molecule has 11 nitrogen and oxygen atoms in total. The Balaban J connectivity index is 1.49. The number of anilines is 2. The Bertz CT molecular complexity index is 1970. The van der Waals surface area contributed by atoms with Crippen LogP contribution in [-0.2, 0) is 17.9 Å². The van der Waals surface area contributed by atoms with E-state index in [0.29, 0.717) is 54.1 Å². The molecular formula is C39H43N5O6. The van der Waals surface area contributed by atoms with Gasteiger partial charge < -0.3 is 34.3 Å². The van der Waals surface area contributed by atoms with Crippen LogP contribution in [0.5, 0.6) is 23.0 Å². The number of carbonyl (C=O) groups is 1. The first-order valence-electron chi connectivity index (χ1n) is 16.4. The number of nitrogens with zero attached hydrogens (tertiary/aromatic N) is 4. The Kier molecular flexibility index (Phi) is 9.79. The second-order valence-electron chi connectivity index (χ2n) is 13.1. The minimum absolute atomic E-state index is 0.0858. The van der Waals surface area contributed by atoms with E-state index >= 15 is 0 Å². The molecule has 0 aliphatic heterocycles. The third-order valence-electron chi connectivity index (χ3n) is 9.31. The molecule has 0 spiro atoms. The van der Waals surface area contributed by atoms with Gasteiger partial charge in [0.15, 0.2) is 0 Å². The van der Waals surface area contributed by atoms with Crippen LogP contribution >= 0.6 is 0 Å². The molecule has 1 fully saturated rings. The summed E-state index contributed by atoms with van der Waals surface area (Å²) < 4.78 is 22.6. The summed E-state index contributed by atoms with van der Waals surface area (Å²) in [6.07, 6.45) is 5.96. The monoisotopic (exact) mass is 677 g/mol. The van der Waals surface area contributed by atoms with Crippen molar-refractivity contribution in [2.24, 2.45) is 11.8 Å². The van der Waals surface area contributed by atoms with E-state index in [0.717, 1.165) is 38.7 Å². The molecule has 5 aromatic rings. The molecule has 260 valence electrons. The molecule has 50 heavy (non-hydrogen) atoms. The number of pyridine rings is 3. The summed E-state index contributed by atoms with van der Waals surface area (Å²) in [6, 6.07) is 17.3. The number of aryl methyl sites for hydroxylation is 1. The van der Waals surface area contributed by atoms with E-state index in [2.05, 4.69) is 20.2 Å². The summed E-state index contributed by atoms with van der Waals surface area (Å²) in [7, 11) is 6.52. The predicted octanol–water partition coefficient (Wildman–Crippen LogP) is 6.59. The summed E-state index contributed by atoms with van der Waals surface area (Å²) in [6.45, 7) is 6.34. The van der Waals surface area contributed by atoms with E-state index in [1.165, 1.54) is 0 Å². The molecule has 2 unspecified atom stereocenters. The molecule has 6 rings (SSSR count). The highest BCUT2D eigenvalue weighted by molar-refractivity contribution is 5.99. The van der Waals surface area contributed by atoms with Gasteiger partial charge in [0.2, 0.25) is 5.91 Å². The smallest absolute Gasteiger partial charge is 0.229 e. The van der Waals surface area contributed by atoms with Crippen LogP contribution in [0, 0.1) is 18.8 Å². The predicted molar refractivity (Wildman–Crippen MR) is 193 cm³/mol. The maximum absolute atomic E-state index is 13.2. The van der Waals surface area contributed by atoms with Crippen LogP contribution < -0.4 is 29.2 Å². The average molecular weight is 678 g/mol. The fourth-order valence-corrected chi connectivity index (χ4v) is 6.38. The number of rotatable bonds is 13. The van der Waals surface area contributed by atoms with E-state index < -0.39 is 5.60 Å². The van der Waals surface area contributed by atoms with Gasteiger partial charge in [-0.15, -0.1) is 0 Å². The highest BCUT2D eigenvalue weighted by Gasteiger charge is 2.51. The van der Waals surface area contributed by atoms with Crippen molar-refractivity contribution >= 4 is 28.3 Å². The number of nitrogens with one attached hydrogen (secondary N) is 1. The van der Waals surface area contributed by atoms with Gasteiger partial charge in [0.25, 0.3) is 0 Å². The van der Waals surface area contributed by atoms with Crippen molar-refractivity contribution in [3.05, 3.63) is 89.9 Å². The highest BCUT2D eigenvalue weighted by atomic mass is 16.5. The molecular weight excluding hydrogens is 634 g/mol. The molecule has 11 heteroatoms. The van der Waals surface area contributed by atoms with Gasteiger partial charge in [-0.1, -0.05) is 0 Å². The lowest BCUT2D eigenvalue weighted by atomic mass is 10.0. The third-order valence-corrected chi connectivity index (χ3v) is 9.31. The number of aromatic nitrogens is 3. The Morgan fingerprint density at radius 1 is 0.900 bits per heavy atom. The van der Waals surface area contributed by atoms with Crippen LogP contribution in [0.3, 0.4) is 0 Å². The molecule has 2 aromatic carbocycles. The summed E-state index contributed by atoms with van der Waals surface area (Å²) >= 11 is 0. The summed E-state index contributed by atoms with van der Waals surface area (Å²) in [5.41, 5.74) is 3.54. The van der Waals surface area contributed by atoms with Gasteiger partial charge >= 0.3 is 0 Å². The van der Waals surface area contributed by atoms with Crippen LogP contribution in [0.1, 0.15) is 37.0 Å². The van der Waals surface area contributed by atoms with Crippen molar-refractivity contribution in [1.29, 1.82) is 0 Å². The minimum atomic E-state index is -0.918. The minimum Gasteiger partial charge on any atom is -0.497 e. The van der Waals surface area contributed by atoms with Gasteiger partial charge in [-0.2, -0.15) is 0 Å². The summed E-state index contributed by atoms with van der Waals surface area (Å²) in [5.74, 6) is 3.32. The second-order valence-corrected chi connectivity index (χ2v) is 13.1. The topological polar surface area (TPSA) is 128 Å². The lowest BCUT2D eigenvalue weighted by molar-refractivity contribution is -0.118. The molecule has 1 aliphatic carbocycles. The molecule has 3 heterocycles. The zero-order valence-corrected chi connectivity index (χ0v) is 29.5. The number of amides is 1. The molecule has 1 aliphatic rings. The van der Waals surface area contributed by atoms with Crippen molar-refractivity contribution in [3.8, 4) is 34.3 Å². The average Bonchev–Trinajstić information content (AvgIpc) is 3.94. The number of fused-ring (bicyclic) bond motifs is 1. The molecule has 1 amide bonds. The van der Waals surface area contributed by atoms with E-state index in [4.69, 9.17) is 23.9 Å². The zero-order valence-electron chi connectivity index (χ0n) is 29.5. The zero-order chi connectivity index (χ0) is 35.6. The van der Waals surface area contributed by atoms with E-state index in [1.54, 1.807) is 54.7 Å². The van der Waals surface area contributed by atoms with Gasteiger partial charge in [0, 0.05) is 71.8 Å². The molecule has 1 saturated carbocycles. The van der Waals surface area contributed by atoms with Crippen LogP contribution in [0.4, 0.5) is 11.6 Å². The second kappa shape index (κ2) is 14.2. The van der Waals surface area contributed by atoms with Gasteiger partial charge in [-0.25, -0.2) is 9.97 Å². The van der Waals surface area contributed by atoms with Crippen molar-refractivity contribution in [1.82, 2.24) is 15.0 Å². The fraction of sp³-hybridized carbons (Fsp3) is 0.333. The van der Waals surface area contributed by atoms with Gasteiger partial charge in [0.05, 0.1) is 39.7 Å². The maximum atomic E-state index is 13.2. The summed E-state index contributed by atoms with van der Waals surface area (Å²) in [4.78, 5) is 29.7. The Morgan fingerprint density at radius 2 is 1.54 bits per heavy atom. The first-order valence-corrected chi connectivity index (χ1v) is 16.4. The van der Waals surface area contributed by atoms with Crippen LogP contribution in [0.25, 0.3) is 22.0 Å². The SMILES string of the molecule is COc1ccc(CN(Cc2ccc(OC)cc2OC)c2nc(-c3cnccc3C)cc3cc(NC(=O)C4CC4C(C)(C)O)ncc23)c(OC)c1. The Labute approximate surface area is 292 Å². The number of hydrogen-bond donors (Lipinski definition) is 2. The standard InChI is InChI=1S/C39H43N5O6/c1-23-12-13-40-19-30(23)33-14-26-15-36(43-38(45)29-18-32(29)39(2,3)46)41-20-31(26)37(42-33)44(21-24-8-10-27(47-4)16-34(24)49-6)22-25-9-11-28(48-5)17-35(25)50-7/h8-17,19-20,29,32,46H,18,21-22H2,1-7H3,(H,41,43,45). The number of carbonyl (C=O) groups excluding carboxylic acids is 1. The van der Waals surface area contributed by atoms with Crippen molar-refractivity contribution in [2.75, 3.05) is 38.7 Å². The third kappa shape index (κ3) is 7.28. The quantitative estimate of drug-likeness (QED) is 0.141. The Morgan fingerprint density at radius 3 is 2.08 bits per heavy atom. The van der Waals surface area contributed by atoms with Crippen molar-refractivity contribution in [2.45, 2.75) is 45.9 Å². The van der Waals surface area contributed by atoms with E-state index in [1.807, 2.05) is 67.7 Å². The summed E-state index contributed by atoms with van der Waals surface area (Å²) in [5, 5.41) is 15.0. The van der Waals surface area contributed by atoms with Gasteiger partial charge in [-0.3, -0.25) is 9.78 Å². The van der Waals surface area contributed by atoms with Crippen molar-refractivity contribution in [3.63, 3.8) is 0 Å². The number of methoxy groups -OCH3 is 4. The lowest BCUT2D eigenvalue weighted by Gasteiger charge is -2.28. The molecule has 0 saturated heterocycles. The normalized spacial score (nSPS) is 15.4. The van der Waals surface area contributed by atoms with Crippen molar-refractivity contribution < 1.29 is 28.8 Å². The largest absolute Gasteiger partial charge is 0.497 e. The van der Waals surface area contributed by atoms with Gasteiger partial charge in [0.1, 0.15) is 34.6 Å². The van der Waals surface area contributed by atoms with E-state index in [-0.39, 0.29) is 17.7 Å². The lowest BCUT2D eigenvalue weighted by Crippen LogP contribution is -2.26. The highest BCUT2D eigenvalue weighted by Crippen LogP contribution is 2.47. The van der Waals surface area contributed by atoms with Crippen LogP contribution in [0.15, 0.2) is 73.2 Å². The maximum Gasteiger partial charge on any atom is 0.229 e. The number of ether oxygens (including phenoxy) is 4. The van der Waals surface area contributed by atoms with Crippen LogP contribution in [0.2, 0.25) is 0 Å². The fourth-order valence-electron chi connectivity index (χ4n) is 6.38. The van der Waals surface area contributed by atoms with Crippen LogP contribution in [-0.4, -0.2) is 60.0 Å².